The van der Waals surface area contributed by atoms with Crippen molar-refractivity contribution in [1.29, 1.82) is 0 Å². The van der Waals surface area contributed by atoms with Crippen LogP contribution < -0.4 is 5.32 Å². The van der Waals surface area contributed by atoms with E-state index in [0.29, 0.717) is 6.54 Å². The van der Waals surface area contributed by atoms with Gasteiger partial charge in [0.2, 0.25) is 5.91 Å². The molecule has 0 saturated heterocycles. The summed E-state index contributed by atoms with van der Waals surface area (Å²) >= 11 is 1.67. The van der Waals surface area contributed by atoms with Crippen molar-refractivity contribution in [1.82, 2.24) is 5.32 Å². The van der Waals surface area contributed by atoms with Crippen LogP contribution >= 0.6 is 11.8 Å². The normalized spacial score (nSPS) is 17.0. The molecule has 0 aliphatic heterocycles. The lowest BCUT2D eigenvalue weighted by Gasteiger charge is -2.24. The number of amides is 1. The summed E-state index contributed by atoms with van der Waals surface area (Å²) in [6.45, 7) is 0.300. The molecule has 1 aromatic carbocycles. The summed E-state index contributed by atoms with van der Waals surface area (Å²) < 4.78 is 0. The maximum absolute atomic E-state index is 11.6. The largest absolute Gasteiger partial charge is 0.387 e. The van der Waals surface area contributed by atoms with Gasteiger partial charge in [-0.15, -0.1) is 11.8 Å². The Morgan fingerprint density at radius 2 is 2.11 bits per heavy atom. The Morgan fingerprint density at radius 3 is 2.61 bits per heavy atom. The smallest absolute Gasteiger partial charge is 0.223 e. The summed E-state index contributed by atoms with van der Waals surface area (Å²) in [4.78, 5) is 12.8. The number of aliphatic hydroxyl groups is 1. The van der Waals surface area contributed by atoms with Gasteiger partial charge in [0.05, 0.1) is 6.10 Å². The van der Waals surface area contributed by atoms with E-state index in [0.717, 1.165) is 24.8 Å². The zero-order valence-corrected chi connectivity index (χ0v) is 11.4. The number of benzene rings is 1. The molecule has 1 unspecified atom stereocenters. The predicted molar refractivity (Wildman–Crippen MR) is 73.5 cm³/mol. The number of aliphatic hydroxyl groups excluding tert-OH is 1. The molecule has 0 spiro atoms. The van der Waals surface area contributed by atoms with Gasteiger partial charge in [0, 0.05) is 17.4 Å². The number of nitrogens with one attached hydrogen (secondary N) is 1. The van der Waals surface area contributed by atoms with Crippen LogP contribution in [0.4, 0.5) is 0 Å². The number of carbonyl (C=O) groups excluding carboxylic acids is 1. The molecule has 2 N–H and O–H groups in total. The molecule has 2 rings (SSSR count). The second kappa shape index (κ2) is 6.25. The van der Waals surface area contributed by atoms with E-state index in [2.05, 4.69) is 5.32 Å². The first-order valence-corrected chi connectivity index (χ1v) is 7.53. The molecule has 18 heavy (non-hydrogen) atoms. The molecule has 1 fully saturated rings. The molecule has 0 aromatic heterocycles. The minimum absolute atomic E-state index is 0.0843. The third-order valence-corrected chi connectivity index (χ3v) is 4.19. The van der Waals surface area contributed by atoms with E-state index in [4.69, 9.17) is 0 Å². The summed E-state index contributed by atoms with van der Waals surface area (Å²) in [5.41, 5.74) is 0.849. The number of carbonyl (C=O) groups is 1. The van der Waals surface area contributed by atoms with Crippen molar-refractivity contribution in [2.45, 2.75) is 30.3 Å². The van der Waals surface area contributed by atoms with Crippen LogP contribution in [0, 0.1) is 5.92 Å². The fourth-order valence-electron chi connectivity index (χ4n) is 1.96. The minimum atomic E-state index is -0.620. The van der Waals surface area contributed by atoms with E-state index in [1.807, 2.05) is 30.5 Å². The molecule has 0 radical (unpaired) electrons. The first kappa shape index (κ1) is 13.4. The van der Waals surface area contributed by atoms with Crippen LogP contribution in [0.2, 0.25) is 0 Å². The van der Waals surface area contributed by atoms with E-state index < -0.39 is 6.10 Å². The van der Waals surface area contributed by atoms with Gasteiger partial charge in [-0.1, -0.05) is 18.6 Å². The maximum atomic E-state index is 11.6. The molecule has 1 aliphatic rings. The summed E-state index contributed by atoms with van der Waals surface area (Å²) in [7, 11) is 0. The van der Waals surface area contributed by atoms with Crippen LogP contribution in [0.5, 0.6) is 0 Å². The molecule has 98 valence electrons. The van der Waals surface area contributed by atoms with Crippen molar-refractivity contribution < 1.29 is 9.90 Å². The summed E-state index contributed by atoms with van der Waals surface area (Å²) in [5, 5.41) is 12.8. The van der Waals surface area contributed by atoms with Gasteiger partial charge in [0.15, 0.2) is 0 Å². The number of hydrogen-bond acceptors (Lipinski definition) is 3. The van der Waals surface area contributed by atoms with E-state index in [1.165, 1.54) is 4.90 Å². The van der Waals surface area contributed by atoms with Crippen molar-refractivity contribution in [2.24, 2.45) is 5.92 Å². The molecule has 0 bridgehead atoms. The molecule has 4 heteroatoms. The Hall–Kier alpha value is -1.00. The van der Waals surface area contributed by atoms with E-state index in [1.54, 1.807) is 11.8 Å². The van der Waals surface area contributed by atoms with Gasteiger partial charge in [0.1, 0.15) is 0 Å². The Morgan fingerprint density at radius 1 is 1.44 bits per heavy atom. The van der Waals surface area contributed by atoms with Gasteiger partial charge >= 0.3 is 0 Å². The van der Waals surface area contributed by atoms with Gasteiger partial charge in [-0.05, 0) is 36.8 Å². The first-order chi connectivity index (χ1) is 8.70. The minimum Gasteiger partial charge on any atom is -0.387 e. The number of thioether (sulfide) groups is 1. The monoisotopic (exact) mass is 265 g/mol. The van der Waals surface area contributed by atoms with Crippen LogP contribution in [0.1, 0.15) is 30.9 Å². The number of rotatable bonds is 5. The first-order valence-electron chi connectivity index (χ1n) is 6.30. The number of hydrogen-bond donors (Lipinski definition) is 2. The van der Waals surface area contributed by atoms with Gasteiger partial charge in [-0.2, -0.15) is 0 Å². The zero-order valence-electron chi connectivity index (χ0n) is 10.6. The molecule has 1 aromatic rings. The highest BCUT2D eigenvalue weighted by molar-refractivity contribution is 7.98. The zero-order chi connectivity index (χ0) is 13.0. The van der Waals surface area contributed by atoms with Gasteiger partial charge in [0.25, 0.3) is 0 Å². The van der Waals surface area contributed by atoms with Gasteiger partial charge < -0.3 is 10.4 Å². The Balaban J connectivity index is 1.82. The highest BCUT2D eigenvalue weighted by Crippen LogP contribution is 2.26. The average Bonchev–Trinajstić information content (AvgIpc) is 2.34. The third kappa shape index (κ3) is 3.27. The predicted octanol–water partition coefficient (Wildman–Crippen LogP) is 2.36. The van der Waals surface area contributed by atoms with E-state index in [9.17, 15) is 9.90 Å². The lowest BCUT2D eigenvalue weighted by molar-refractivity contribution is -0.127. The Kier molecular flexibility index (Phi) is 4.66. The van der Waals surface area contributed by atoms with Crippen molar-refractivity contribution in [3.8, 4) is 0 Å². The van der Waals surface area contributed by atoms with Crippen LogP contribution in [0.3, 0.4) is 0 Å². The van der Waals surface area contributed by atoms with Gasteiger partial charge in [-0.3, -0.25) is 4.79 Å². The second-order valence-corrected chi connectivity index (χ2v) is 5.54. The van der Waals surface area contributed by atoms with Crippen LogP contribution in [0.15, 0.2) is 29.2 Å². The lowest BCUT2D eigenvalue weighted by Crippen LogP contribution is -2.36. The summed E-state index contributed by atoms with van der Waals surface area (Å²) in [5.74, 6) is 0.261. The average molecular weight is 265 g/mol. The molecule has 1 saturated carbocycles. The molecule has 0 heterocycles. The molecule has 3 nitrogen and oxygen atoms in total. The van der Waals surface area contributed by atoms with E-state index >= 15 is 0 Å². The highest BCUT2D eigenvalue weighted by atomic mass is 32.2. The molecule has 1 atom stereocenters. The standard InChI is InChI=1S/C14H19NO2S/c1-18-12-7-5-10(6-8-12)13(16)9-15-14(17)11-3-2-4-11/h5-8,11,13,16H,2-4,9H2,1H3,(H,15,17). The van der Waals surface area contributed by atoms with Crippen LogP contribution in [-0.4, -0.2) is 23.8 Å². The van der Waals surface area contributed by atoms with E-state index in [-0.39, 0.29) is 11.8 Å². The molecule has 1 aliphatic carbocycles. The van der Waals surface area contributed by atoms with Crippen LogP contribution in [0.25, 0.3) is 0 Å². The van der Waals surface area contributed by atoms with Crippen molar-refractivity contribution >= 4 is 17.7 Å². The molecular formula is C14H19NO2S. The van der Waals surface area contributed by atoms with Crippen molar-refractivity contribution in [2.75, 3.05) is 12.8 Å². The summed E-state index contributed by atoms with van der Waals surface area (Å²) in [6, 6.07) is 7.78. The van der Waals surface area contributed by atoms with Crippen LogP contribution in [-0.2, 0) is 4.79 Å². The second-order valence-electron chi connectivity index (χ2n) is 4.66. The van der Waals surface area contributed by atoms with Gasteiger partial charge in [-0.25, -0.2) is 0 Å². The highest BCUT2D eigenvalue weighted by Gasteiger charge is 2.25. The SMILES string of the molecule is CSc1ccc(C(O)CNC(=O)C2CCC2)cc1. The fraction of sp³-hybridized carbons (Fsp3) is 0.500. The fourth-order valence-corrected chi connectivity index (χ4v) is 2.36. The lowest BCUT2D eigenvalue weighted by atomic mass is 9.85. The quantitative estimate of drug-likeness (QED) is 0.804. The molecule has 1 amide bonds. The summed E-state index contributed by atoms with van der Waals surface area (Å²) in [6.07, 6.45) is 4.53. The Labute approximate surface area is 112 Å². The topological polar surface area (TPSA) is 49.3 Å². The third-order valence-electron chi connectivity index (χ3n) is 3.45. The van der Waals surface area contributed by atoms with Crippen molar-refractivity contribution in [3.63, 3.8) is 0 Å². The Bertz CT molecular complexity index is 401. The molecular weight excluding hydrogens is 246 g/mol. The maximum Gasteiger partial charge on any atom is 0.223 e. The van der Waals surface area contributed by atoms with Crippen molar-refractivity contribution in [3.05, 3.63) is 29.8 Å².